The van der Waals surface area contributed by atoms with Crippen molar-refractivity contribution in [1.29, 1.82) is 0 Å². The van der Waals surface area contributed by atoms with Gasteiger partial charge in [-0.3, -0.25) is 4.90 Å². The Morgan fingerprint density at radius 3 is 2.23 bits per heavy atom. The molecule has 4 aromatic rings. The van der Waals surface area contributed by atoms with Gasteiger partial charge in [0.1, 0.15) is 17.4 Å². The molecule has 0 saturated heterocycles. The standard InChI is InChI=1S/C30H33FN4O3S/c1-19(2)32-30(34-39(36,37)26-14-7-21(5)8-15-26)35(20(3)4)29-27-16-11-24(31)17-23(27)18-28(33-29)22-9-12-25(38-6)13-10-22/h7-20H,1-6H3,(H,32,34). The number of aryl methyl sites for hydroxylation is 1. The SMILES string of the molecule is COc1ccc(-c2cc3cc(F)ccc3c(N(C(=NC(C)C)NS(=O)(=O)c3ccc(C)cc3)C(C)C)n2)cc1. The molecule has 0 unspecified atom stereocenters. The largest absolute Gasteiger partial charge is 0.497 e. The molecule has 1 N–H and O–H groups in total. The summed E-state index contributed by atoms with van der Waals surface area (Å²) in [6, 6.07) is 19.8. The number of pyridine rings is 1. The first kappa shape index (κ1) is 28.0. The van der Waals surface area contributed by atoms with Crippen LogP contribution in [-0.2, 0) is 10.0 Å². The van der Waals surface area contributed by atoms with E-state index in [0.717, 1.165) is 11.1 Å². The van der Waals surface area contributed by atoms with Gasteiger partial charge in [0.2, 0.25) is 5.96 Å². The summed E-state index contributed by atoms with van der Waals surface area (Å²) in [5, 5.41) is 1.29. The monoisotopic (exact) mass is 548 g/mol. The van der Waals surface area contributed by atoms with Gasteiger partial charge in [-0.1, -0.05) is 17.7 Å². The predicted molar refractivity (Wildman–Crippen MR) is 155 cm³/mol. The van der Waals surface area contributed by atoms with Crippen LogP contribution in [-0.4, -0.2) is 38.6 Å². The molecular formula is C30H33FN4O3S. The van der Waals surface area contributed by atoms with Crippen LogP contribution in [0, 0.1) is 12.7 Å². The van der Waals surface area contributed by atoms with Gasteiger partial charge in [0.15, 0.2) is 0 Å². The summed E-state index contributed by atoms with van der Waals surface area (Å²) in [7, 11) is -2.37. The number of fused-ring (bicyclic) bond motifs is 1. The Morgan fingerprint density at radius 1 is 0.974 bits per heavy atom. The molecule has 0 saturated carbocycles. The van der Waals surface area contributed by atoms with Crippen LogP contribution in [0.5, 0.6) is 5.75 Å². The molecule has 1 aromatic heterocycles. The zero-order valence-corrected chi connectivity index (χ0v) is 23.8. The summed E-state index contributed by atoms with van der Waals surface area (Å²) in [6.45, 7) is 9.48. The fourth-order valence-corrected chi connectivity index (χ4v) is 5.18. The molecule has 0 radical (unpaired) electrons. The van der Waals surface area contributed by atoms with Crippen molar-refractivity contribution in [2.45, 2.75) is 51.6 Å². The molecule has 204 valence electrons. The molecule has 0 fully saturated rings. The summed E-state index contributed by atoms with van der Waals surface area (Å²) in [6.07, 6.45) is 0. The molecule has 1 heterocycles. The van der Waals surface area contributed by atoms with Crippen molar-refractivity contribution in [2.75, 3.05) is 12.0 Å². The predicted octanol–water partition coefficient (Wildman–Crippen LogP) is 6.32. The number of aromatic nitrogens is 1. The third-order valence-electron chi connectivity index (χ3n) is 6.07. The van der Waals surface area contributed by atoms with E-state index >= 15 is 0 Å². The van der Waals surface area contributed by atoms with Gasteiger partial charge >= 0.3 is 0 Å². The van der Waals surface area contributed by atoms with Gasteiger partial charge < -0.3 is 4.74 Å². The molecule has 0 bridgehead atoms. The zero-order chi connectivity index (χ0) is 28.3. The van der Waals surface area contributed by atoms with Crippen molar-refractivity contribution >= 4 is 32.6 Å². The topological polar surface area (TPSA) is 83.9 Å². The van der Waals surface area contributed by atoms with Crippen molar-refractivity contribution in [3.05, 3.63) is 84.2 Å². The minimum Gasteiger partial charge on any atom is -0.497 e. The first-order chi connectivity index (χ1) is 18.5. The summed E-state index contributed by atoms with van der Waals surface area (Å²) >= 11 is 0. The number of nitrogens with zero attached hydrogens (tertiary/aromatic N) is 3. The van der Waals surface area contributed by atoms with E-state index in [2.05, 4.69) is 9.71 Å². The van der Waals surface area contributed by atoms with E-state index in [9.17, 15) is 12.8 Å². The van der Waals surface area contributed by atoms with Crippen LogP contribution in [0.1, 0.15) is 33.3 Å². The number of halogens is 1. The van der Waals surface area contributed by atoms with E-state index < -0.39 is 10.0 Å². The second-order valence-corrected chi connectivity index (χ2v) is 11.5. The maximum absolute atomic E-state index is 14.4. The van der Waals surface area contributed by atoms with Crippen molar-refractivity contribution in [2.24, 2.45) is 4.99 Å². The minimum absolute atomic E-state index is 0.125. The number of ether oxygens (including phenoxy) is 1. The average Bonchev–Trinajstić information content (AvgIpc) is 2.88. The quantitative estimate of drug-likeness (QED) is 0.216. The zero-order valence-electron chi connectivity index (χ0n) is 22.9. The fourth-order valence-electron chi connectivity index (χ4n) is 4.17. The summed E-state index contributed by atoms with van der Waals surface area (Å²) < 4.78 is 49.3. The molecule has 0 aliphatic heterocycles. The van der Waals surface area contributed by atoms with Crippen molar-refractivity contribution < 1.29 is 17.5 Å². The molecule has 4 rings (SSSR count). The third-order valence-corrected chi connectivity index (χ3v) is 7.41. The lowest BCUT2D eigenvalue weighted by Crippen LogP contribution is -2.48. The van der Waals surface area contributed by atoms with Crippen molar-refractivity contribution in [1.82, 2.24) is 9.71 Å². The van der Waals surface area contributed by atoms with Gasteiger partial charge in [-0.25, -0.2) is 27.5 Å². The highest BCUT2D eigenvalue weighted by atomic mass is 32.2. The number of guanidine groups is 1. The smallest absolute Gasteiger partial charge is 0.264 e. The highest BCUT2D eigenvalue weighted by molar-refractivity contribution is 7.90. The molecule has 0 spiro atoms. The Hall–Kier alpha value is -3.98. The van der Waals surface area contributed by atoms with E-state index in [4.69, 9.17) is 9.72 Å². The Balaban J connectivity index is 1.91. The maximum atomic E-state index is 14.4. The second kappa shape index (κ2) is 11.4. The van der Waals surface area contributed by atoms with Gasteiger partial charge in [-0.2, -0.15) is 0 Å². The average molecular weight is 549 g/mol. The summed E-state index contributed by atoms with van der Waals surface area (Å²) in [4.78, 5) is 11.5. The molecular weight excluding hydrogens is 515 g/mol. The van der Waals surface area contributed by atoms with Crippen molar-refractivity contribution in [3.63, 3.8) is 0 Å². The highest BCUT2D eigenvalue weighted by Gasteiger charge is 2.27. The molecule has 3 aromatic carbocycles. The number of benzene rings is 3. The normalized spacial score (nSPS) is 12.3. The van der Waals surface area contributed by atoms with Crippen LogP contribution >= 0.6 is 0 Å². The molecule has 39 heavy (non-hydrogen) atoms. The maximum Gasteiger partial charge on any atom is 0.264 e. The number of hydrogen-bond donors (Lipinski definition) is 1. The van der Waals surface area contributed by atoms with Crippen LogP contribution in [0.25, 0.3) is 22.0 Å². The number of nitrogens with one attached hydrogen (secondary N) is 1. The number of rotatable bonds is 7. The first-order valence-electron chi connectivity index (χ1n) is 12.7. The van der Waals surface area contributed by atoms with E-state index in [1.54, 1.807) is 42.3 Å². The van der Waals surface area contributed by atoms with Crippen LogP contribution in [0.2, 0.25) is 0 Å². The Bertz CT molecular complexity index is 1600. The van der Waals surface area contributed by atoms with Crippen LogP contribution in [0.3, 0.4) is 0 Å². The molecule has 7 nitrogen and oxygen atoms in total. The summed E-state index contributed by atoms with van der Waals surface area (Å²) in [5.41, 5.74) is 2.35. The van der Waals surface area contributed by atoms with Gasteiger partial charge in [-0.05, 0) is 101 Å². The number of methoxy groups -OCH3 is 1. The number of sulfonamides is 1. The van der Waals surface area contributed by atoms with Crippen LogP contribution in [0.15, 0.2) is 82.7 Å². The number of aliphatic imine (C=N–C) groups is 1. The van der Waals surface area contributed by atoms with Crippen molar-refractivity contribution in [3.8, 4) is 17.0 Å². The van der Waals surface area contributed by atoms with E-state index in [-0.39, 0.29) is 28.8 Å². The van der Waals surface area contributed by atoms with E-state index in [1.165, 1.54) is 12.1 Å². The van der Waals surface area contributed by atoms with Gasteiger partial charge in [-0.15, -0.1) is 0 Å². The highest BCUT2D eigenvalue weighted by Crippen LogP contribution is 2.33. The Morgan fingerprint density at radius 2 is 1.64 bits per heavy atom. The molecule has 0 aliphatic carbocycles. The number of anilines is 1. The minimum atomic E-state index is -3.96. The molecule has 0 amide bonds. The fraction of sp³-hybridized carbons (Fsp3) is 0.267. The number of hydrogen-bond acceptors (Lipinski definition) is 5. The van der Waals surface area contributed by atoms with Gasteiger partial charge in [0.05, 0.1) is 17.7 Å². The van der Waals surface area contributed by atoms with E-state index in [1.807, 2.05) is 65.0 Å². The summed E-state index contributed by atoms with van der Waals surface area (Å²) in [5.74, 6) is 0.906. The van der Waals surface area contributed by atoms with Crippen LogP contribution < -0.4 is 14.4 Å². The lowest BCUT2D eigenvalue weighted by molar-refractivity contribution is 0.415. The second-order valence-electron chi connectivity index (χ2n) is 9.85. The van der Waals surface area contributed by atoms with Gasteiger partial charge in [0, 0.05) is 23.0 Å². The van der Waals surface area contributed by atoms with E-state index in [0.29, 0.717) is 28.0 Å². The lowest BCUT2D eigenvalue weighted by atomic mass is 10.1. The molecule has 0 aliphatic rings. The van der Waals surface area contributed by atoms with Gasteiger partial charge in [0.25, 0.3) is 10.0 Å². The first-order valence-corrected chi connectivity index (χ1v) is 14.2. The molecule has 0 atom stereocenters. The van der Waals surface area contributed by atoms with Crippen LogP contribution in [0.4, 0.5) is 10.2 Å². The Labute approximate surface area is 229 Å². The third kappa shape index (κ3) is 6.37. The lowest BCUT2D eigenvalue weighted by Gasteiger charge is -2.31. The Kier molecular flexibility index (Phi) is 8.20. The molecule has 9 heteroatoms.